The number of allylic oxidation sites excluding steroid dienone is 2. The van der Waals surface area contributed by atoms with E-state index in [2.05, 4.69) is 32.9 Å². The Morgan fingerprint density at radius 1 is 1.45 bits per heavy atom. The number of nitrogens with one attached hydrogen (secondary N) is 2. The van der Waals surface area contributed by atoms with E-state index in [0.29, 0.717) is 18.9 Å². The molecule has 148 valence electrons. The van der Waals surface area contributed by atoms with Gasteiger partial charge in [0, 0.05) is 68.0 Å². The third-order valence-corrected chi connectivity index (χ3v) is 4.56. The summed E-state index contributed by atoms with van der Waals surface area (Å²) >= 11 is 0. The average Bonchev–Trinajstić information content (AvgIpc) is 3.17. The molecule has 0 saturated heterocycles. The van der Waals surface area contributed by atoms with E-state index in [4.69, 9.17) is 5.26 Å². The molecular formula is C22H24N6O. The highest BCUT2D eigenvalue weighted by atomic mass is 16.1. The molecule has 0 bridgehead atoms. The second-order valence-corrected chi connectivity index (χ2v) is 6.81. The van der Waals surface area contributed by atoms with Gasteiger partial charge in [-0.1, -0.05) is 12.2 Å². The number of aryl methyl sites for hydroxylation is 1. The fraction of sp³-hybridized carbons (Fsp3) is 0.273. The molecule has 0 aromatic carbocycles. The first-order valence-electron chi connectivity index (χ1n) is 9.54. The third-order valence-electron chi connectivity index (χ3n) is 4.56. The second-order valence-electron chi connectivity index (χ2n) is 6.81. The number of aromatic nitrogens is 3. The number of carbonyl (C=O) groups excluding carboxylic acids is 1. The Kier molecular flexibility index (Phi) is 7.09. The van der Waals surface area contributed by atoms with E-state index >= 15 is 0 Å². The van der Waals surface area contributed by atoms with Crippen LogP contribution in [-0.2, 0) is 11.8 Å². The lowest BCUT2D eigenvalue weighted by Crippen LogP contribution is -2.25. The number of nitrogens with zero attached hydrogens (tertiary/aromatic N) is 4. The van der Waals surface area contributed by atoms with Gasteiger partial charge in [-0.05, 0) is 36.1 Å². The van der Waals surface area contributed by atoms with Gasteiger partial charge in [0.25, 0.3) is 0 Å². The van der Waals surface area contributed by atoms with Gasteiger partial charge in [-0.25, -0.2) is 0 Å². The fourth-order valence-corrected chi connectivity index (χ4v) is 3.05. The summed E-state index contributed by atoms with van der Waals surface area (Å²) in [4.78, 5) is 16.5. The highest BCUT2D eigenvalue weighted by molar-refractivity contribution is 5.94. The Bertz CT molecular complexity index is 979. The first-order chi connectivity index (χ1) is 14.2. The summed E-state index contributed by atoms with van der Waals surface area (Å²) < 4.78 is 1.74. The van der Waals surface area contributed by atoms with E-state index in [1.807, 2.05) is 31.5 Å². The van der Waals surface area contributed by atoms with Gasteiger partial charge in [-0.3, -0.25) is 14.5 Å². The maximum Gasteiger partial charge on any atom is 0.248 e. The first kappa shape index (κ1) is 20.2. The smallest absolute Gasteiger partial charge is 0.248 e. The zero-order chi connectivity index (χ0) is 20.5. The van der Waals surface area contributed by atoms with Gasteiger partial charge in [0.15, 0.2) is 0 Å². The van der Waals surface area contributed by atoms with Crippen LogP contribution >= 0.6 is 0 Å². The maximum atomic E-state index is 12.3. The Balaban J connectivity index is 1.54. The SMILES string of the molecule is Cn1cc(-c2ccncc2/C=C/C(=O)NC2=CCC(CNCCC#N)C=C2)cn1. The van der Waals surface area contributed by atoms with Crippen molar-refractivity contribution >= 4 is 12.0 Å². The Hall–Kier alpha value is -3.50. The van der Waals surface area contributed by atoms with Crippen LogP contribution in [0, 0.1) is 17.2 Å². The summed E-state index contributed by atoms with van der Waals surface area (Å²) in [6.45, 7) is 1.53. The van der Waals surface area contributed by atoms with Crippen LogP contribution in [0.5, 0.6) is 0 Å². The lowest BCUT2D eigenvalue weighted by molar-refractivity contribution is -0.115. The second kappa shape index (κ2) is 10.2. The Morgan fingerprint density at radius 3 is 3.07 bits per heavy atom. The van der Waals surface area contributed by atoms with Gasteiger partial charge in [0.05, 0.1) is 12.3 Å². The first-order valence-corrected chi connectivity index (χ1v) is 9.54. The molecule has 0 fully saturated rings. The molecule has 2 aromatic rings. The molecule has 2 heterocycles. The van der Waals surface area contributed by atoms with Gasteiger partial charge in [0.2, 0.25) is 5.91 Å². The van der Waals surface area contributed by atoms with Gasteiger partial charge in [-0.2, -0.15) is 10.4 Å². The normalized spacial score (nSPS) is 15.9. The van der Waals surface area contributed by atoms with Gasteiger partial charge >= 0.3 is 0 Å². The number of hydrogen-bond acceptors (Lipinski definition) is 5. The van der Waals surface area contributed by atoms with Crippen LogP contribution in [0.25, 0.3) is 17.2 Å². The van der Waals surface area contributed by atoms with Crippen LogP contribution in [-0.4, -0.2) is 33.8 Å². The van der Waals surface area contributed by atoms with Crippen molar-refractivity contribution in [1.29, 1.82) is 5.26 Å². The molecule has 7 nitrogen and oxygen atoms in total. The van der Waals surface area contributed by atoms with Crippen molar-refractivity contribution in [3.63, 3.8) is 0 Å². The van der Waals surface area contributed by atoms with Crippen molar-refractivity contribution < 1.29 is 4.79 Å². The van der Waals surface area contributed by atoms with Gasteiger partial charge in [-0.15, -0.1) is 0 Å². The lowest BCUT2D eigenvalue weighted by Gasteiger charge is -2.16. The van der Waals surface area contributed by atoms with Crippen molar-refractivity contribution in [3.8, 4) is 17.2 Å². The molecule has 1 unspecified atom stereocenters. The molecule has 2 N–H and O–H groups in total. The quantitative estimate of drug-likeness (QED) is 0.535. The van der Waals surface area contributed by atoms with E-state index < -0.39 is 0 Å². The Morgan fingerprint density at radius 2 is 2.34 bits per heavy atom. The maximum absolute atomic E-state index is 12.3. The molecule has 0 spiro atoms. The van der Waals surface area contributed by atoms with E-state index in [-0.39, 0.29) is 5.91 Å². The summed E-state index contributed by atoms with van der Waals surface area (Å²) in [6.07, 6.45) is 17.8. The van der Waals surface area contributed by atoms with E-state index in [1.54, 1.807) is 29.3 Å². The molecular weight excluding hydrogens is 364 g/mol. The predicted molar refractivity (Wildman–Crippen MR) is 112 cm³/mol. The molecule has 3 rings (SSSR count). The van der Waals surface area contributed by atoms with Crippen LogP contribution in [0.1, 0.15) is 18.4 Å². The van der Waals surface area contributed by atoms with E-state index in [0.717, 1.165) is 35.4 Å². The van der Waals surface area contributed by atoms with Gasteiger partial charge < -0.3 is 10.6 Å². The van der Waals surface area contributed by atoms with Crippen molar-refractivity contribution in [2.75, 3.05) is 13.1 Å². The summed E-state index contributed by atoms with van der Waals surface area (Å²) in [5, 5.41) is 18.9. The fourth-order valence-electron chi connectivity index (χ4n) is 3.05. The van der Waals surface area contributed by atoms with Crippen molar-refractivity contribution in [2.24, 2.45) is 13.0 Å². The summed E-state index contributed by atoms with van der Waals surface area (Å²) in [7, 11) is 1.87. The monoisotopic (exact) mass is 388 g/mol. The third kappa shape index (κ3) is 5.99. The van der Waals surface area contributed by atoms with Gasteiger partial charge in [0.1, 0.15) is 0 Å². The number of rotatable bonds is 8. The van der Waals surface area contributed by atoms with Crippen molar-refractivity contribution in [1.82, 2.24) is 25.4 Å². The largest absolute Gasteiger partial charge is 0.323 e. The summed E-state index contributed by atoms with van der Waals surface area (Å²) in [6, 6.07) is 4.03. The minimum Gasteiger partial charge on any atom is -0.323 e. The molecule has 0 radical (unpaired) electrons. The summed E-state index contributed by atoms with van der Waals surface area (Å²) in [5.41, 5.74) is 3.60. The van der Waals surface area contributed by atoms with Crippen LogP contribution in [0.2, 0.25) is 0 Å². The van der Waals surface area contributed by atoms with Crippen LogP contribution < -0.4 is 10.6 Å². The standard InChI is InChI=1S/C22H24N6O/c1-28-16-19(15-26-28)21-9-12-25-14-18(21)5-8-22(29)27-20-6-3-17(4-7-20)13-24-11-2-10-23/h3,5-9,12,14-17,24H,2,4,11,13H2,1H3,(H,27,29)/b8-5+. The predicted octanol–water partition coefficient (Wildman–Crippen LogP) is 2.57. The van der Waals surface area contributed by atoms with Crippen molar-refractivity contribution in [2.45, 2.75) is 12.8 Å². The molecule has 2 aromatic heterocycles. The minimum absolute atomic E-state index is 0.188. The molecule has 0 aliphatic heterocycles. The highest BCUT2D eigenvalue weighted by Gasteiger charge is 2.10. The lowest BCUT2D eigenvalue weighted by atomic mass is 9.99. The Labute approximate surface area is 170 Å². The molecule has 0 saturated carbocycles. The van der Waals surface area contributed by atoms with E-state index in [9.17, 15) is 4.79 Å². The van der Waals surface area contributed by atoms with E-state index in [1.165, 1.54) is 6.08 Å². The number of amides is 1. The molecule has 1 aliphatic carbocycles. The van der Waals surface area contributed by atoms with Crippen molar-refractivity contribution in [3.05, 3.63) is 66.4 Å². The molecule has 1 aliphatic rings. The molecule has 1 atom stereocenters. The summed E-state index contributed by atoms with van der Waals surface area (Å²) in [5.74, 6) is 0.190. The minimum atomic E-state index is -0.188. The average molecular weight is 388 g/mol. The number of hydrogen-bond donors (Lipinski definition) is 2. The zero-order valence-corrected chi connectivity index (χ0v) is 16.4. The number of pyridine rings is 1. The van der Waals surface area contributed by atoms with Crippen LogP contribution in [0.3, 0.4) is 0 Å². The van der Waals surface area contributed by atoms with Crippen LogP contribution in [0.4, 0.5) is 0 Å². The molecule has 7 heteroatoms. The topological polar surface area (TPSA) is 95.6 Å². The molecule has 29 heavy (non-hydrogen) atoms. The number of nitriles is 1. The zero-order valence-electron chi connectivity index (χ0n) is 16.4. The molecule has 1 amide bonds. The number of carbonyl (C=O) groups is 1. The van der Waals surface area contributed by atoms with Crippen LogP contribution in [0.15, 0.2) is 60.9 Å². The highest BCUT2D eigenvalue weighted by Crippen LogP contribution is 2.23.